The number of thiophene rings is 1. The molecule has 1 aromatic heterocycles. The molecule has 0 radical (unpaired) electrons. The summed E-state index contributed by atoms with van der Waals surface area (Å²) in [5, 5.41) is 5.41. The molecule has 3 rings (SSSR count). The van der Waals surface area contributed by atoms with Crippen LogP contribution in [0.25, 0.3) is 0 Å². The van der Waals surface area contributed by atoms with Crippen molar-refractivity contribution in [2.75, 3.05) is 45.2 Å². The third-order valence-corrected chi connectivity index (χ3v) is 6.12. The van der Waals surface area contributed by atoms with Crippen molar-refractivity contribution in [3.63, 3.8) is 0 Å². The van der Waals surface area contributed by atoms with Crippen LogP contribution in [0.2, 0.25) is 5.02 Å². The van der Waals surface area contributed by atoms with Gasteiger partial charge < -0.3 is 15.8 Å². The molecule has 1 unspecified atom stereocenters. The number of benzene rings is 1. The van der Waals surface area contributed by atoms with Crippen molar-refractivity contribution < 1.29 is 19.1 Å². The highest BCUT2D eigenvalue weighted by molar-refractivity contribution is 7.14. The van der Waals surface area contributed by atoms with Crippen molar-refractivity contribution in [2.24, 2.45) is 5.73 Å². The second kappa shape index (κ2) is 10.0. The predicted molar refractivity (Wildman–Crippen MR) is 116 cm³/mol. The molecule has 1 aliphatic rings. The van der Waals surface area contributed by atoms with Gasteiger partial charge in [-0.1, -0.05) is 29.8 Å². The van der Waals surface area contributed by atoms with E-state index in [-0.39, 0.29) is 18.4 Å². The summed E-state index contributed by atoms with van der Waals surface area (Å²) in [7, 11) is 1.36. The largest absolute Gasteiger partial charge is 0.468 e. The minimum Gasteiger partial charge on any atom is -0.468 e. The molecule has 2 aromatic rings. The zero-order valence-corrected chi connectivity index (χ0v) is 18.0. The fourth-order valence-electron chi connectivity index (χ4n) is 3.43. The number of nitrogens with two attached hydrogens (primary N) is 1. The Kier molecular flexibility index (Phi) is 7.43. The van der Waals surface area contributed by atoms with E-state index in [1.165, 1.54) is 18.4 Å². The molecule has 2 heterocycles. The third-order valence-electron chi connectivity index (χ3n) is 4.95. The molecule has 2 amide bonds. The highest BCUT2D eigenvalue weighted by Gasteiger charge is 2.33. The highest BCUT2D eigenvalue weighted by atomic mass is 35.5. The summed E-state index contributed by atoms with van der Waals surface area (Å²) >= 11 is 7.56. The summed E-state index contributed by atoms with van der Waals surface area (Å²) in [6, 6.07) is 8.21. The molecule has 8 nitrogen and oxygen atoms in total. The Hall–Kier alpha value is -2.46. The maximum atomic E-state index is 12.5. The lowest BCUT2D eigenvalue weighted by atomic mass is 10.0. The van der Waals surface area contributed by atoms with E-state index >= 15 is 0 Å². The maximum absolute atomic E-state index is 12.5. The molecule has 0 spiro atoms. The van der Waals surface area contributed by atoms with Gasteiger partial charge in [0.1, 0.15) is 11.0 Å². The fraction of sp³-hybridized carbons (Fsp3) is 0.350. The highest BCUT2D eigenvalue weighted by Crippen LogP contribution is 2.29. The number of esters is 1. The van der Waals surface area contributed by atoms with Crippen LogP contribution in [0.4, 0.5) is 5.00 Å². The van der Waals surface area contributed by atoms with Gasteiger partial charge in [-0.3, -0.25) is 19.4 Å². The Balaban J connectivity index is 1.60. The van der Waals surface area contributed by atoms with E-state index in [0.29, 0.717) is 47.3 Å². The molecule has 1 fully saturated rings. The number of anilines is 1. The molecule has 1 atom stereocenters. The Morgan fingerprint density at radius 3 is 2.53 bits per heavy atom. The molecule has 3 N–H and O–H groups in total. The number of hydrogen-bond donors (Lipinski definition) is 2. The molecule has 1 aliphatic heterocycles. The second-order valence-electron chi connectivity index (χ2n) is 6.84. The monoisotopic (exact) mass is 450 g/mol. The number of piperazine rings is 1. The van der Waals surface area contributed by atoms with Crippen molar-refractivity contribution >= 4 is 45.7 Å². The van der Waals surface area contributed by atoms with Crippen LogP contribution in [0.15, 0.2) is 35.7 Å². The molecule has 1 saturated heterocycles. The predicted octanol–water partition coefficient (Wildman–Crippen LogP) is 1.97. The lowest BCUT2D eigenvalue weighted by molar-refractivity contribution is -0.148. The number of rotatable bonds is 7. The molecule has 1 aromatic carbocycles. The zero-order valence-electron chi connectivity index (χ0n) is 16.5. The lowest BCUT2D eigenvalue weighted by Gasteiger charge is -2.38. The molecule has 30 heavy (non-hydrogen) atoms. The SMILES string of the molecule is COC(=O)C(c1ccccc1Cl)N1CCN(CC(=O)Nc2sccc2C(N)=O)CC1. The molecular weight excluding hydrogens is 428 g/mol. The van der Waals surface area contributed by atoms with E-state index in [1.54, 1.807) is 17.5 Å². The van der Waals surface area contributed by atoms with Gasteiger partial charge >= 0.3 is 5.97 Å². The molecule has 0 saturated carbocycles. The molecule has 160 valence electrons. The Morgan fingerprint density at radius 1 is 1.20 bits per heavy atom. The van der Waals surface area contributed by atoms with Gasteiger partial charge in [-0.25, -0.2) is 4.79 Å². The summed E-state index contributed by atoms with van der Waals surface area (Å²) in [5.41, 5.74) is 6.32. The van der Waals surface area contributed by atoms with E-state index in [2.05, 4.69) is 5.32 Å². The zero-order chi connectivity index (χ0) is 21.7. The van der Waals surface area contributed by atoms with Crippen molar-refractivity contribution in [1.29, 1.82) is 0 Å². The molecule has 0 bridgehead atoms. The number of halogens is 1. The topological polar surface area (TPSA) is 105 Å². The van der Waals surface area contributed by atoms with Gasteiger partial charge in [0.05, 0.1) is 19.2 Å². The van der Waals surface area contributed by atoms with Crippen LogP contribution < -0.4 is 11.1 Å². The number of carbonyl (C=O) groups is 3. The van der Waals surface area contributed by atoms with Crippen LogP contribution in [-0.4, -0.2) is 67.4 Å². The Morgan fingerprint density at radius 2 is 1.90 bits per heavy atom. The van der Waals surface area contributed by atoms with Crippen LogP contribution in [0, 0.1) is 0 Å². The lowest BCUT2D eigenvalue weighted by Crippen LogP contribution is -2.51. The van der Waals surface area contributed by atoms with Gasteiger partial charge in [-0.05, 0) is 23.1 Å². The first-order valence-corrected chi connectivity index (χ1v) is 10.6. The average molecular weight is 451 g/mol. The molecule has 0 aliphatic carbocycles. The van der Waals surface area contributed by atoms with E-state index in [4.69, 9.17) is 22.1 Å². The normalized spacial score (nSPS) is 16.1. The quantitative estimate of drug-likeness (QED) is 0.625. The minimum atomic E-state index is -0.594. The number of primary amides is 1. The summed E-state index contributed by atoms with van der Waals surface area (Å²) in [4.78, 5) is 40.2. The van der Waals surface area contributed by atoms with Crippen molar-refractivity contribution in [3.05, 3.63) is 51.9 Å². The van der Waals surface area contributed by atoms with Crippen LogP contribution in [0.5, 0.6) is 0 Å². The van der Waals surface area contributed by atoms with E-state index < -0.39 is 11.9 Å². The number of nitrogens with one attached hydrogen (secondary N) is 1. The van der Waals surface area contributed by atoms with Gasteiger partial charge in [0.2, 0.25) is 5.91 Å². The Bertz CT molecular complexity index is 927. The van der Waals surface area contributed by atoms with Crippen LogP contribution in [-0.2, 0) is 14.3 Å². The second-order valence-corrected chi connectivity index (χ2v) is 8.16. The maximum Gasteiger partial charge on any atom is 0.327 e. The van der Waals surface area contributed by atoms with Gasteiger partial charge in [0.15, 0.2) is 0 Å². The van der Waals surface area contributed by atoms with E-state index in [9.17, 15) is 14.4 Å². The van der Waals surface area contributed by atoms with Crippen LogP contribution in [0.1, 0.15) is 22.0 Å². The van der Waals surface area contributed by atoms with Gasteiger partial charge in [0.25, 0.3) is 5.91 Å². The number of methoxy groups -OCH3 is 1. The Labute approximate surface area is 183 Å². The summed E-state index contributed by atoms with van der Waals surface area (Å²) in [6.07, 6.45) is 0. The number of nitrogens with zero attached hydrogens (tertiary/aromatic N) is 2. The number of ether oxygens (including phenoxy) is 1. The summed E-state index contributed by atoms with van der Waals surface area (Å²) < 4.78 is 5.00. The summed E-state index contributed by atoms with van der Waals surface area (Å²) in [5.74, 6) is -1.16. The van der Waals surface area contributed by atoms with Crippen molar-refractivity contribution in [2.45, 2.75) is 6.04 Å². The first-order chi connectivity index (χ1) is 14.4. The standard InChI is InChI=1S/C20H23ClN4O4S/c1-29-20(28)17(13-4-2-3-5-15(13)21)25-9-7-24(8-10-25)12-16(26)23-19-14(18(22)27)6-11-30-19/h2-6,11,17H,7-10,12H2,1H3,(H2,22,27)(H,23,26). The fourth-order valence-corrected chi connectivity index (χ4v) is 4.48. The smallest absolute Gasteiger partial charge is 0.327 e. The first kappa shape index (κ1) is 22.2. The van der Waals surface area contributed by atoms with E-state index in [0.717, 1.165) is 0 Å². The average Bonchev–Trinajstić information content (AvgIpc) is 3.19. The van der Waals surface area contributed by atoms with Gasteiger partial charge in [-0.2, -0.15) is 0 Å². The minimum absolute atomic E-state index is 0.179. The number of amides is 2. The van der Waals surface area contributed by atoms with Crippen molar-refractivity contribution in [1.82, 2.24) is 9.80 Å². The van der Waals surface area contributed by atoms with Gasteiger partial charge in [0, 0.05) is 31.2 Å². The van der Waals surface area contributed by atoms with Crippen LogP contribution in [0.3, 0.4) is 0 Å². The first-order valence-electron chi connectivity index (χ1n) is 9.36. The number of carbonyl (C=O) groups excluding carboxylic acids is 3. The molecular formula is C20H23ClN4O4S. The molecule has 10 heteroatoms. The van der Waals surface area contributed by atoms with E-state index in [1.807, 2.05) is 28.0 Å². The summed E-state index contributed by atoms with van der Waals surface area (Å²) in [6.45, 7) is 2.52. The number of hydrogen-bond acceptors (Lipinski definition) is 7. The van der Waals surface area contributed by atoms with Gasteiger partial charge in [-0.15, -0.1) is 11.3 Å². The van der Waals surface area contributed by atoms with Crippen molar-refractivity contribution in [3.8, 4) is 0 Å². The third kappa shape index (κ3) is 5.17. The van der Waals surface area contributed by atoms with Crippen LogP contribution >= 0.6 is 22.9 Å².